The second kappa shape index (κ2) is 12.6. The summed E-state index contributed by atoms with van der Waals surface area (Å²) in [6, 6.07) is 24.6. The number of likely N-dealkylation sites (tertiary alicyclic amines) is 1. The Morgan fingerprint density at radius 3 is 2.46 bits per heavy atom. The molecule has 3 aromatic carbocycles. The molecule has 4 rings (SSSR count). The van der Waals surface area contributed by atoms with E-state index in [0.29, 0.717) is 25.2 Å². The quantitative estimate of drug-likeness (QED) is 0.411. The Kier molecular flexibility index (Phi) is 8.84. The molecule has 0 aromatic heterocycles. The third-order valence-corrected chi connectivity index (χ3v) is 6.32. The van der Waals surface area contributed by atoms with Gasteiger partial charge in [0.2, 0.25) is 17.7 Å². The highest BCUT2D eigenvalue weighted by atomic mass is 16.2. The zero-order chi connectivity index (χ0) is 26.0. The Hall–Kier alpha value is -4.23. The van der Waals surface area contributed by atoms with Crippen LogP contribution in [0.25, 0.3) is 17.2 Å². The standard InChI is InChI=1S/C30H32N4O3/c31-20-23-7-6-10-26(19-23)32-29(36)21-34-18-5-4-11-27(30(34)37)33-28(35)17-14-22-12-15-25(16-13-22)24-8-2-1-3-9-24/h1-3,6-10,12-17,19,27H,4-5,11,18,20-21,31H2,(H,32,36)(H,33,35)/b17-14+. The van der Waals surface area contributed by atoms with Gasteiger partial charge in [-0.25, -0.2) is 0 Å². The number of hydrogen-bond donors (Lipinski definition) is 3. The SMILES string of the molecule is NCc1cccc(NC(=O)CN2CCCCC(NC(=O)/C=C/c3ccc(-c4ccccc4)cc3)C2=O)c1. The number of anilines is 1. The number of carbonyl (C=O) groups is 3. The van der Waals surface area contributed by atoms with Crippen LogP contribution in [-0.2, 0) is 20.9 Å². The highest BCUT2D eigenvalue weighted by Crippen LogP contribution is 2.20. The number of hydrogen-bond acceptors (Lipinski definition) is 4. The lowest BCUT2D eigenvalue weighted by Gasteiger charge is -2.24. The van der Waals surface area contributed by atoms with Gasteiger partial charge in [0.1, 0.15) is 6.04 Å². The summed E-state index contributed by atoms with van der Waals surface area (Å²) in [6.45, 7) is 0.788. The summed E-state index contributed by atoms with van der Waals surface area (Å²) in [5.41, 5.74) is 10.3. The lowest BCUT2D eigenvalue weighted by molar-refractivity contribution is -0.137. The van der Waals surface area contributed by atoms with Crippen molar-refractivity contribution in [2.75, 3.05) is 18.4 Å². The molecule has 4 N–H and O–H groups in total. The summed E-state index contributed by atoms with van der Waals surface area (Å²) in [5.74, 6) is -0.860. The Morgan fingerprint density at radius 2 is 1.70 bits per heavy atom. The molecule has 7 nitrogen and oxygen atoms in total. The minimum absolute atomic E-state index is 0.0678. The molecular formula is C30H32N4O3. The largest absolute Gasteiger partial charge is 0.341 e. The molecule has 190 valence electrons. The number of amides is 3. The maximum atomic E-state index is 13.1. The van der Waals surface area contributed by atoms with E-state index >= 15 is 0 Å². The first kappa shape index (κ1) is 25.9. The molecule has 1 unspecified atom stereocenters. The fraction of sp³-hybridized carbons (Fsp3) is 0.233. The summed E-state index contributed by atoms with van der Waals surface area (Å²) in [7, 11) is 0. The Labute approximate surface area is 217 Å². The van der Waals surface area contributed by atoms with Gasteiger partial charge < -0.3 is 21.3 Å². The molecule has 37 heavy (non-hydrogen) atoms. The fourth-order valence-corrected chi connectivity index (χ4v) is 4.36. The molecule has 1 heterocycles. The molecule has 3 amide bonds. The molecule has 3 aromatic rings. The highest BCUT2D eigenvalue weighted by molar-refractivity contribution is 5.98. The molecule has 0 bridgehead atoms. The summed E-state index contributed by atoms with van der Waals surface area (Å²) in [5, 5.41) is 5.65. The van der Waals surface area contributed by atoms with Gasteiger partial charge in [-0.1, -0.05) is 66.7 Å². The Morgan fingerprint density at radius 1 is 0.946 bits per heavy atom. The van der Waals surface area contributed by atoms with Crippen LogP contribution >= 0.6 is 0 Å². The molecule has 7 heteroatoms. The van der Waals surface area contributed by atoms with Crippen molar-refractivity contribution in [3.8, 4) is 11.1 Å². The minimum Gasteiger partial charge on any atom is -0.341 e. The zero-order valence-electron chi connectivity index (χ0n) is 20.7. The van der Waals surface area contributed by atoms with E-state index in [9.17, 15) is 14.4 Å². The summed E-state index contributed by atoms with van der Waals surface area (Å²) >= 11 is 0. The average molecular weight is 497 g/mol. The van der Waals surface area contributed by atoms with Crippen molar-refractivity contribution < 1.29 is 14.4 Å². The zero-order valence-corrected chi connectivity index (χ0v) is 20.7. The number of nitrogens with zero attached hydrogens (tertiary/aromatic N) is 1. The highest BCUT2D eigenvalue weighted by Gasteiger charge is 2.29. The van der Waals surface area contributed by atoms with E-state index in [1.165, 1.54) is 11.0 Å². The third-order valence-electron chi connectivity index (χ3n) is 6.32. The molecule has 1 aliphatic rings. The minimum atomic E-state index is -0.659. The first-order chi connectivity index (χ1) is 18.0. The number of nitrogens with two attached hydrogens (primary N) is 1. The normalized spacial score (nSPS) is 15.9. The molecule has 1 saturated heterocycles. The predicted molar refractivity (Wildman–Crippen MR) is 146 cm³/mol. The van der Waals surface area contributed by atoms with E-state index in [-0.39, 0.29) is 24.3 Å². The molecule has 1 aliphatic heterocycles. The summed E-state index contributed by atoms with van der Waals surface area (Å²) in [4.78, 5) is 39.8. The first-order valence-electron chi connectivity index (χ1n) is 12.5. The van der Waals surface area contributed by atoms with Crippen LogP contribution in [0.2, 0.25) is 0 Å². The Bertz CT molecular complexity index is 1260. The predicted octanol–water partition coefficient (Wildman–Crippen LogP) is 3.96. The van der Waals surface area contributed by atoms with Gasteiger partial charge in [-0.2, -0.15) is 0 Å². The molecule has 0 radical (unpaired) electrons. The smallest absolute Gasteiger partial charge is 0.245 e. The lowest BCUT2D eigenvalue weighted by atomic mass is 10.0. The van der Waals surface area contributed by atoms with Crippen molar-refractivity contribution in [2.24, 2.45) is 5.73 Å². The van der Waals surface area contributed by atoms with Crippen LogP contribution in [-0.4, -0.2) is 41.8 Å². The van der Waals surface area contributed by atoms with Gasteiger partial charge in [0.25, 0.3) is 0 Å². The van der Waals surface area contributed by atoms with Crippen molar-refractivity contribution >= 4 is 29.5 Å². The van der Waals surface area contributed by atoms with Crippen LogP contribution in [0.4, 0.5) is 5.69 Å². The van der Waals surface area contributed by atoms with Gasteiger partial charge in [0.05, 0.1) is 6.54 Å². The Balaban J connectivity index is 1.32. The van der Waals surface area contributed by atoms with Crippen molar-refractivity contribution in [1.29, 1.82) is 0 Å². The van der Waals surface area contributed by atoms with Crippen molar-refractivity contribution in [1.82, 2.24) is 10.2 Å². The van der Waals surface area contributed by atoms with Gasteiger partial charge in [-0.15, -0.1) is 0 Å². The van der Waals surface area contributed by atoms with E-state index < -0.39 is 6.04 Å². The van der Waals surface area contributed by atoms with Crippen molar-refractivity contribution in [3.05, 3.63) is 96.1 Å². The van der Waals surface area contributed by atoms with Gasteiger partial charge in [-0.3, -0.25) is 14.4 Å². The number of carbonyl (C=O) groups excluding carboxylic acids is 3. The molecule has 1 atom stereocenters. The number of benzene rings is 3. The first-order valence-corrected chi connectivity index (χ1v) is 12.5. The van der Waals surface area contributed by atoms with E-state index in [2.05, 4.69) is 10.6 Å². The molecule has 1 fully saturated rings. The van der Waals surface area contributed by atoms with E-state index in [1.807, 2.05) is 72.8 Å². The second-order valence-electron chi connectivity index (χ2n) is 9.09. The van der Waals surface area contributed by atoms with E-state index in [4.69, 9.17) is 5.73 Å². The maximum Gasteiger partial charge on any atom is 0.245 e. The summed E-state index contributed by atoms with van der Waals surface area (Å²) < 4.78 is 0. The van der Waals surface area contributed by atoms with Crippen molar-refractivity contribution in [3.63, 3.8) is 0 Å². The van der Waals surface area contributed by atoms with Crippen LogP contribution in [0.1, 0.15) is 30.4 Å². The van der Waals surface area contributed by atoms with Crippen molar-refractivity contribution in [2.45, 2.75) is 31.8 Å². The van der Waals surface area contributed by atoms with Gasteiger partial charge >= 0.3 is 0 Å². The van der Waals surface area contributed by atoms with Crippen LogP contribution in [0.5, 0.6) is 0 Å². The van der Waals surface area contributed by atoms with Gasteiger partial charge in [-0.05, 0) is 59.7 Å². The summed E-state index contributed by atoms with van der Waals surface area (Å²) in [6.07, 6.45) is 5.28. The lowest BCUT2D eigenvalue weighted by Crippen LogP contribution is -2.49. The third kappa shape index (κ3) is 7.38. The monoisotopic (exact) mass is 496 g/mol. The number of rotatable bonds is 8. The van der Waals surface area contributed by atoms with E-state index in [1.54, 1.807) is 12.1 Å². The van der Waals surface area contributed by atoms with Crippen LogP contribution in [0.3, 0.4) is 0 Å². The van der Waals surface area contributed by atoms with Crippen LogP contribution in [0, 0.1) is 0 Å². The maximum absolute atomic E-state index is 13.1. The van der Waals surface area contributed by atoms with Crippen LogP contribution < -0.4 is 16.4 Å². The second-order valence-corrected chi connectivity index (χ2v) is 9.09. The van der Waals surface area contributed by atoms with Crippen LogP contribution in [0.15, 0.2) is 84.9 Å². The molecule has 0 saturated carbocycles. The van der Waals surface area contributed by atoms with Gasteiger partial charge in [0, 0.05) is 24.9 Å². The topological polar surface area (TPSA) is 105 Å². The number of nitrogens with one attached hydrogen (secondary N) is 2. The van der Waals surface area contributed by atoms with Gasteiger partial charge in [0.15, 0.2) is 0 Å². The molecular weight excluding hydrogens is 464 g/mol. The average Bonchev–Trinajstić information content (AvgIpc) is 3.09. The van der Waals surface area contributed by atoms with E-state index in [0.717, 1.165) is 35.1 Å². The fourth-order valence-electron chi connectivity index (χ4n) is 4.36. The molecule has 0 spiro atoms. The molecule has 0 aliphatic carbocycles.